The second kappa shape index (κ2) is 10.5. The van der Waals surface area contributed by atoms with E-state index in [9.17, 15) is 4.79 Å². The number of hydrogen-bond donors (Lipinski definition) is 1. The minimum Gasteiger partial charge on any atom is -0.551 e. The Morgan fingerprint density at radius 3 is 2.35 bits per heavy atom. The zero-order valence-electron chi connectivity index (χ0n) is 16.0. The second-order valence-corrected chi connectivity index (χ2v) is 5.94. The van der Waals surface area contributed by atoms with Gasteiger partial charge < -0.3 is 14.8 Å². The largest absolute Gasteiger partial charge is 0.551 e. The van der Waals surface area contributed by atoms with Crippen LogP contribution in [0.2, 0.25) is 0 Å². The van der Waals surface area contributed by atoms with Crippen molar-refractivity contribution in [2.24, 2.45) is 0 Å². The van der Waals surface area contributed by atoms with Crippen molar-refractivity contribution in [1.82, 2.24) is 5.32 Å². The summed E-state index contributed by atoms with van der Waals surface area (Å²) in [6.07, 6.45) is 3.38. The van der Waals surface area contributed by atoms with Crippen LogP contribution in [0.25, 0.3) is 6.08 Å². The number of carbonyl (C=O) groups excluding carboxylic acids is 1. The average molecular weight is 427 g/mol. The maximum absolute atomic E-state index is 12.0. The molecule has 2 rings (SSSR count). The predicted molar refractivity (Wildman–Crippen MR) is 99.9 cm³/mol. The number of aryl methyl sites for hydroxylation is 2. The van der Waals surface area contributed by atoms with Crippen molar-refractivity contribution in [2.45, 2.75) is 27.3 Å². The number of carbonyl (C=O) groups is 1. The van der Waals surface area contributed by atoms with Gasteiger partial charge in [0.05, 0.1) is 14.2 Å². The Bertz CT molecular complexity index is 777. The Morgan fingerprint density at radius 1 is 1.12 bits per heavy atom. The molecule has 0 fully saturated rings. The Morgan fingerprint density at radius 2 is 1.77 bits per heavy atom. The molecule has 1 amide bonds. The van der Waals surface area contributed by atoms with Crippen LogP contribution in [0.4, 0.5) is 0 Å². The first-order valence-electron chi connectivity index (χ1n) is 8.11. The SMILES string of the molecule is COc1[c-]cc(CNC(=O)/C=C/c2cc(C)c(C)c(C)c2)cc1OC.[Y]. The molecule has 0 aliphatic heterocycles. The molecule has 0 saturated heterocycles. The van der Waals surface area contributed by atoms with E-state index in [2.05, 4.69) is 44.3 Å². The van der Waals surface area contributed by atoms with Crippen molar-refractivity contribution in [2.75, 3.05) is 14.2 Å². The van der Waals surface area contributed by atoms with Crippen molar-refractivity contribution in [1.29, 1.82) is 0 Å². The van der Waals surface area contributed by atoms with Gasteiger partial charge in [-0.3, -0.25) is 4.79 Å². The summed E-state index contributed by atoms with van der Waals surface area (Å²) in [5.41, 5.74) is 5.64. The first-order chi connectivity index (χ1) is 11.9. The molecule has 0 heterocycles. The third-order valence-corrected chi connectivity index (χ3v) is 4.20. The number of methoxy groups -OCH3 is 2. The van der Waals surface area contributed by atoms with E-state index in [0.29, 0.717) is 18.0 Å². The Kier molecular flexibility index (Phi) is 9.04. The molecule has 0 unspecified atom stereocenters. The first-order valence-corrected chi connectivity index (χ1v) is 8.11. The van der Waals surface area contributed by atoms with Gasteiger partial charge in [0.1, 0.15) is 0 Å². The summed E-state index contributed by atoms with van der Waals surface area (Å²) >= 11 is 0. The summed E-state index contributed by atoms with van der Waals surface area (Å²) in [6, 6.07) is 10.7. The molecule has 135 valence electrons. The van der Waals surface area contributed by atoms with Crippen LogP contribution in [0.5, 0.6) is 11.5 Å². The molecule has 5 heteroatoms. The van der Waals surface area contributed by atoms with Crippen LogP contribution in [0.15, 0.2) is 30.3 Å². The predicted octanol–water partition coefficient (Wildman–Crippen LogP) is 3.76. The van der Waals surface area contributed by atoms with Crippen LogP contribution < -0.4 is 14.8 Å². The van der Waals surface area contributed by atoms with Gasteiger partial charge in [-0.2, -0.15) is 6.07 Å². The van der Waals surface area contributed by atoms with Gasteiger partial charge in [-0.25, -0.2) is 0 Å². The van der Waals surface area contributed by atoms with Gasteiger partial charge in [0.25, 0.3) is 0 Å². The van der Waals surface area contributed by atoms with Crippen LogP contribution in [0.3, 0.4) is 0 Å². The molecule has 0 aromatic heterocycles. The van der Waals surface area contributed by atoms with E-state index in [-0.39, 0.29) is 38.6 Å². The average Bonchev–Trinajstić information content (AvgIpc) is 2.62. The summed E-state index contributed by atoms with van der Waals surface area (Å²) in [7, 11) is 3.14. The fourth-order valence-corrected chi connectivity index (χ4v) is 2.50. The first kappa shape index (κ1) is 22.4. The summed E-state index contributed by atoms with van der Waals surface area (Å²) < 4.78 is 10.4. The Labute approximate surface area is 180 Å². The molecule has 26 heavy (non-hydrogen) atoms. The second-order valence-electron chi connectivity index (χ2n) is 5.94. The molecular weight excluding hydrogens is 403 g/mol. The van der Waals surface area contributed by atoms with Gasteiger partial charge in [0.15, 0.2) is 0 Å². The van der Waals surface area contributed by atoms with Crippen LogP contribution >= 0.6 is 0 Å². The Balaban J connectivity index is 0.00000338. The summed E-state index contributed by atoms with van der Waals surface area (Å²) in [4.78, 5) is 12.0. The van der Waals surface area contributed by atoms with Gasteiger partial charge in [-0.15, -0.1) is 17.7 Å². The van der Waals surface area contributed by atoms with Gasteiger partial charge in [0, 0.05) is 50.3 Å². The summed E-state index contributed by atoms with van der Waals surface area (Å²) in [5, 5.41) is 2.86. The molecule has 1 N–H and O–H groups in total. The van der Waals surface area contributed by atoms with Crippen LogP contribution in [-0.4, -0.2) is 20.1 Å². The van der Waals surface area contributed by atoms with E-state index in [1.165, 1.54) is 16.7 Å². The minimum absolute atomic E-state index is 0. The summed E-state index contributed by atoms with van der Waals surface area (Å²) in [5.74, 6) is 0.989. The van der Waals surface area contributed by atoms with Crippen molar-refractivity contribution >= 4 is 12.0 Å². The number of nitrogens with one attached hydrogen (secondary N) is 1. The molecule has 0 saturated carbocycles. The van der Waals surface area contributed by atoms with Crippen LogP contribution in [-0.2, 0) is 44.0 Å². The smallest absolute Gasteiger partial charge is 0.243 e. The number of hydrogen-bond acceptors (Lipinski definition) is 3. The molecule has 0 atom stereocenters. The summed E-state index contributed by atoms with van der Waals surface area (Å²) in [6.45, 7) is 6.65. The molecule has 2 aromatic rings. The molecule has 4 nitrogen and oxygen atoms in total. The maximum Gasteiger partial charge on any atom is 0.243 e. The fourth-order valence-electron chi connectivity index (χ4n) is 2.50. The molecule has 0 aliphatic rings. The van der Waals surface area contributed by atoms with E-state index in [0.717, 1.165) is 11.1 Å². The zero-order chi connectivity index (χ0) is 18.4. The van der Waals surface area contributed by atoms with E-state index in [4.69, 9.17) is 9.47 Å². The van der Waals surface area contributed by atoms with Gasteiger partial charge in [-0.05, 0) is 55.6 Å². The third kappa shape index (κ3) is 5.96. The monoisotopic (exact) mass is 427 g/mol. The molecule has 0 spiro atoms. The molecule has 0 aliphatic carbocycles. The number of rotatable bonds is 6. The standard InChI is InChI=1S/C21H24NO3.Y/c1-14-10-17(11-15(2)16(14)3)7-9-21(23)22-13-18-6-8-19(24-4)20(12-18)25-5;/h6-7,9-12H,13H2,1-5H3,(H,22,23);/q-1;/b9-7+;. The molecule has 2 aromatic carbocycles. The number of ether oxygens (including phenoxy) is 2. The van der Waals surface area contributed by atoms with Crippen LogP contribution in [0.1, 0.15) is 27.8 Å². The van der Waals surface area contributed by atoms with Crippen molar-refractivity contribution in [3.63, 3.8) is 0 Å². The zero-order valence-corrected chi connectivity index (χ0v) is 18.8. The normalized spacial score (nSPS) is 10.3. The van der Waals surface area contributed by atoms with E-state index >= 15 is 0 Å². The maximum atomic E-state index is 12.0. The van der Waals surface area contributed by atoms with Crippen LogP contribution in [0, 0.1) is 26.8 Å². The van der Waals surface area contributed by atoms with Crippen molar-refractivity contribution in [3.05, 3.63) is 64.2 Å². The number of amides is 1. The molecule has 1 radical (unpaired) electrons. The van der Waals surface area contributed by atoms with E-state index < -0.39 is 0 Å². The molecule has 0 bridgehead atoms. The molecular formula is C21H24NO3Y-. The number of benzene rings is 2. The van der Waals surface area contributed by atoms with E-state index in [1.54, 1.807) is 26.4 Å². The quantitative estimate of drug-likeness (QED) is 0.564. The fraction of sp³-hybridized carbons (Fsp3) is 0.286. The van der Waals surface area contributed by atoms with Gasteiger partial charge in [-0.1, -0.05) is 12.1 Å². The van der Waals surface area contributed by atoms with Gasteiger partial charge >= 0.3 is 0 Å². The van der Waals surface area contributed by atoms with Crippen molar-refractivity contribution < 1.29 is 47.0 Å². The van der Waals surface area contributed by atoms with E-state index in [1.807, 2.05) is 12.1 Å². The van der Waals surface area contributed by atoms with Crippen molar-refractivity contribution in [3.8, 4) is 11.5 Å². The Hall–Kier alpha value is -1.65. The minimum atomic E-state index is -0.148. The van der Waals surface area contributed by atoms with Gasteiger partial charge in [0.2, 0.25) is 5.91 Å². The topological polar surface area (TPSA) is 47.6 Å². The third-order valence-electron chi connectivity index (χ3n) is 4.20.